The maximum absolute atomic E-state index is 5.31. The molecule has 0 saturated carbocycles. The lowest BCUT2D eigenvalue weighted by atomic mass is 10.3. The molecule has 90 valence electrons. The molecule has 1 aromatic carbocycles. The van der Waals surface area contributed by atoms with Crippen LogP contribution in [-0.4, -0.2) is 23.1 Å². The van der Waals surface area contributed by atoms with Crippen molar-refractivity contribution >= 4 is 35.8 Å². The molecule has 0 aliphatic heterocycles. The number of para-hydroxylation sites is 2. The van der Waals surface area contributed by atoms with Crippen LogP contribution in [0.15, 0.2) is 24.3 Å². The van der Waals surface area contributed by atoms with E-state index in [-0.39, 0.29) is 24.8 Å². The molecule has 0 unspecified atom stereocenters. The Balaban J connectivity index is 0.00000112. The highest BCUT2D eigenvalue weighted by Crippen LogP contribution is 2.10. The number of benzene rings is 1. The van der Waals surface area contributed by atoms with E-state index in [1.165, 1.54) is 0 Å². The molecule has 2 aromatic rings. The van der Waals surface area contributed by atoms with E-state index in [9.17, 15) is 0 Å². The first-order valence-electron chi connectivity index (χ1n) is 4.61. The SMILES string of the molecule is Cl.Cl.NCCOCc1nc2ccccc2[nH]1. The van der Waals surface area contributed by atoms with Gasteiger partial charge in [0.15, 0.2) is 0 Å². The summed E-state index contributed by atoms with van der Waals surface area (Å²) >= 11 is 0. The second-order valence-electron chi connectivity index (χ2n) is 3.04. The summed E-state index contributed by atoms with van der Waals surface area (Å²) in [4.78, 5) is 7.54. The van der Waals surface area contributed by atoms with Crippen molar-refractivity contribution in [1.29, 1.82) is 0 Å². The molecule has 16 heavy (non-hydrogen) atoms. The standard InChI is InChI=1S/C10H13N3O.2ClH/c11-5-6-14-7-10-12-8-3-1-2-4-9(8)13-10;;/h1-4H,5-7,11H2,(H,12,13);2*1H. The number of hydrogen-bond donors (Lipinski definition) is 2. The molecule has 1 heterocycles. The van der Waals surface area contributed by atoms with Crippen molar-refractivity contribution in [3.05, 3.63) is 30.1 Å². The monoisotopic (exact) mass is 263 g/mol. The molecule has 6 heteroatoms. The molecule has 3 N–H and O–H groups in total. The van der Waals surface area contributed by atoms with E-state index >= 15 is 0 Å². The quantitative estimate of drug-likeness (QED) is 0.829. The van der Waals surface area contributed by atoms with Gasteiger partial charge in [-0.15, -0.1) is 24.8 Å². The zero-order chi connectivity index (χ0) is 9.80. The van der Waals surface area contributed by atoms with E-state index in [0.717, 1.165) is 16.9 Å². The molecular weight excluding hydrogens is 249 g/mol. The van der Waals surface area contributed by atoms with E-state index in [2.05, 4.69) is 9.97 Å². The van der Waals surface area contributed by atoms with Crippen molar-refractivity contribution in [2.24, 2.45) is 5.73 Å². The summed E-state index contributed by atoms with van der Waals surface area (Å²) in [5, 5.41) is 0. The van der Waals surface area contributed by atoms with Gasteiger partial charge in [0.1, 0.15) is 12.4 Å². The third kappa shape index (κ3) is 3.64. The molecule has 0 fully saturated rings. The number of nitrogens with one attached hydrogen (secondary N) is 1. The number of fused-ring (bicyclic) bond motifs is 1. The zero-order valence-electron chi connectivity index (χ0n) is 8.68. The smallest absolute Gasteiger partial charge is 0.133 e. The average Bonchev–Trinajstić information content (AvgIpc) is 2.60. The minimum absolute atomic E-state index is 0. The molecule has 0 radical (unpaired) electrons. The highest BCUT2D eigenvalue weighted by atomic mass is 35.5. The van der Waals surface area contributed by atoms with Gasteiger partial charge >= 0.3 is 0 Å². The summed E-state index contributed by atoms with van der Waals surface area (Å²) in [6.07, 6.45) is 0. The Morgan fingerprint density at radius 2 is 2.00 bits per heavy atom. The van der Waals surface area contributed by atoms with Gasteiger partial charge in [-0.25, -0.2) is 4.98 Å². The zero-order valence-corrected chi connectivity index (χ0v) is 10.3. The van der Waals surface area contributed by atoms with Crippen LogP contribution >= 0.6 is 24.8 Å². The average molecular weight is 264 g/mol. The van der Waals surface area contributed by atoms with Gasteiger partial charge in [0.25, 0.3) is 0 Å². The summed E-state index contributed by atoms with van der Waals surface area (Å²) in [6.45, 7) is 1.60. The van der Waals surface area contributed by atoms with Gasteiger partial charge in [-0.2, -0.15) is 0 Å². The fraction of sp³-hybridized carbons (Fsp3) is 0.300. The molecular formula is C10H15Cl2N3O. The molecule has 0 saturated heterocycles. The lowest BCUT2D eigenvalue weighted by Gasteiger charge is -1.97. The van der Waals surface area contributed by atoms with Crippen LogP contribution in [-0.2, 0) is 11.3 Å². The van der Waals surface area contributed by atoms with Crippen molar-refractivity contribution in [2.75, 3.05) is 13.2 Å². The molecule has 2 rings (SSSR count). The Bertz CT molecular complexity index is 386. The maximum Gasteiger partial charge on any atom is 0.133 e. The van der Waals surface area contributed by atoms with Gasteiger partial charge in [0.05, 0.1) is 17.6 Å². The summed E-state index contributed by atoms with van der Waals surface area (Å²) in [6, 6.07) is 7.91. The van der Waals surface area contributed by atoms with Crippen LogP contribution in [0.4, 0.5) is 0 Å². The van der Waals surface area contributed by atoms with Crippen LogP contribution in [0.5, 0.6) is 0 Å². The summed E-state index contributed by atoms with van der Waals surface area (Å²) in [5.41, 5.74) is 7.32. The van der Waals surface area contributed by atoms with E-state index in [1.807, 2.05) is 24.3 Å². The Kier molecular flexibility index (Phi) is 7.08. The van der Waals surface area contributed by atoms with Gasteiger partial charge in [-0.3, -0.25) is 0 Å². The van der Waals surface area contributed by atoms with Crippen molar-refractivity contribution < 1.29 is 4.74 Å². The first kappa shape index (κ1) is 15.2. The van der Waals surface area contributed by atoms with Crippen LogP contribution in [0, 0.1) is 0 Å². The second-order valence-corrected chi connectivity index (χ2v) is 3.04. The van der Waals surface area contributed by atoms with Crippen LogP contribution in [0.2, 0.25) is 0 Å². The largest absolute Gasteiger partial charge is 0.372 e. The minimum atomic E-state index is 0. The fourth-order valence-corrected chi connectivity index (χ4v) is 1.33. The molecule has 1 aromatic heterocycles. The summed E-state index contributed by atoms with van der Waals surface area (Å²) < 4.78 is 5.28. The minimum Gasteiger partial charge on any atom is -0.372 e. The fourth-order valence-electron chi connectivity index (χ4n) is 1.33. The Labute approximate surface area is 106 Å². The normalized spacial score (nSPS) is 9.56. The number of nitrogens with zero attached hydrogens (tertiary/aromatic N) is 1. The lowest BCUT2D eigenvalue weighted by molar-refractivity contribution is 0.123. The van der Waals surface area contributed by atoms with E-state index in [0.29, 0.717) is 19.8 Å². The molecule has 0 bridgehead atoms. The first-order chi connectivity index (χ1) is 6.90. The Morgan fingerprint density at radius 3 is 2.69 bits per heavy atom. The van der Waals surface area contributed by atoms with E-state index < -0.39 is 0 Å². The molecule has 0 atom stereocenters. The molecule has 4 nitrogen and oxygen atoms in total. The number of H-pyrrole nitrogens is 1. The molecule has 0 aliphatic rings. The number of rotatable bonds is 4. The predicted octanol–water partition coefficient (Wildman–Crippen LogP) is 1.88. The van der Waals surface area contributed by atoms with Crippen molar-refractivity contribution in [2.45, 2.75) is 6.61 Å². The number of ether oxygens (including phenoxy) is 1. The maximum atomic E-state index is 5.31. The predicted molar refractivity (Wildman–Crippen MR) is 69.3 cm³/mol. The second kappa shape index (κ2) is 7.46. The number of imidazole rings is 1. The lowest BCUT2D eigenvalue weighted by Crippen LogP contribution is -2.08. The molecule has 0 amide bonds. The van der Waals surface area contributed by atoms with E-state index in [1.54, 1.807) is 0 Å². The van der Waals surface area contributed by atoms with Crippen molar-refractivity contribution in [3.8, 4) is 0 Å². The summed E-state index contributed by atoms with van der Waals surface area (Å²) in [5.74, 6) is 0.847. The third-order valence-electron chi connectivity index (χ3n) is 1.94. The number of aromatic nitrogens is 2. The van der Waals surface area contributed by atoms with Gasteiger partial charge in [0.2, 0.25) is 0 Å². The Morgan fingerprint density at radius 1 is 1.25 bits per heavy atom. The number of hydrogen-bond acceptors (Lipinski definition) is 3. The van der Waals surface area contributed by atoms with Gasteiger partial charge in [-0.1, -0.05) is 12.1 Å². The van der Waals surface area contributed by atoms with Gasteiger partial charge in [0, 0.05) is 6.54 Å². The highest BCUT2D eigenvalue weighted by molar-refractivity contribution is 5.85. The highest BCUT2D eigenvalue weighted by Gasteiger charge is 2.00. The van der Waals surface area contributed by atoms with Crippen LogP contribution < -0.4 is 5.73 Å². The van der Waals surface area contributed by atoms with Crippen LogP contribution in [0.3, 0.4) is 0 Å². The molecule has 0 spiro atoms. The summed E-state index contributed by atoms with van der Waals surface area (Å²) in [7, 11) is 0. The first-order valence-corrected chi connectivity index (χ1v) is 4.61. The molecule has 0 aliphatic carbocycles. The van der Waals surface area contributed by atoms with E-state index in [4.69, 9.17) is 10.5 Å². The Hall–Kier alpha value is -0.810. The number of aromatic amines is 1. The number of halogens is 2. The van der Waals surface area contributed by atoms with Gasteiger partial charge in [-0.05, 0) is 12.1 Å². The van der Waals surface area contributed by atoms with Crippen LogP contribution in [0.25, 0.3) is 11.0 Å². The topological polar surface area (TPSA) is 63.9 Å². The third-order valence-corrected chi connectivity index (χ3v) is 1.94. The van der Waals surface area contributed by atoms with Crippen molar-refractivity contribution in [1.82, 2.24) is 9.97 Å². The van der Waals surface area contributed by atoms with Crippen molar-refractivity contribution in [3.63, 3.8) is 0 Å². The number of nitrogens with two attached hydrogens (primary N) is 1. The van der Waals surface area contributed by atoms with Crippen LogP contribution in [0.1, 0.15) is 5.82 Å². The van der Waals surface area contributed by atoms with Gasteiger partial charge < -0.3 is 15.5 Å².